The summed E-state index contributed by atoms with van der Waals surface area (Å²) in [4.78, 5) is 28.2. The van der Waals surface area contributed by atoms with Crippen molar-refractivity contribution in [1.29, 1.82) is 0 Å². The third-order valence-electron chi connectivity index (χ3n) is 3.06. The summed E-state index contributed by atoms with van der Waals surface area (Å²) >= 11 is 0. The van der Waals surface area contributed by atoms with Crippen LogP contribution in [0, 0.1) is 0 Å². The number of nitrogens with two attached hydrogens (primary N) is 1. The van der Waals surface area contributed by atoms with E-state index in [4.69, 9.17) is 5.73 Å². The highest BCUT2D eigenvalue weighted by Gasteiger charge is 2.19. The van der Waals surface area contributed by atoms with Crippen LogP contribution in [0.25, 0.3) is 11.2 Å². The Morgan fingerprint density at radius 1 is 1.22 bits per heavy atom. The third-order valence-corrected chi connectivity index (χ3v) is 3.06. The van der Waals surface area contributed by atoms with Gasteiger partial charge < -0.3 is 10.3 Å². The summed E-state index contributed by atoms with van der Waals surface area (Å²) < 4.78 is 4.32. The number of aryl methyl sites for hydroxylation is 1. The molecule has 7 nitrogen and oxygen atoms in total. The molecular weight excluding hydrogens is 234 g/mol. The Balaban J connectivity index is 3.10. The Bertz CT molecular complexity index is 720. The molecule has 0 aromatic carbocycles. The molecule has 0 bridgehead atoms. The van der Waals surface area contributed by atoms with Crippen LogP contribution in [0.4, 0.5) is 0 Å². The molecule has 0 saturated heterocycles. The van der Waals surface area contributed by atoms with E-state index in [0.717, 1.165) is 4.57 Å². The van der Waals surface area contributed by atoms with E-state index in [9.17, 15) is 9.59 Å². The van der Waals surface area contributed by atoms with Gasteiger partial charge in [-0.15, -0.1) is 0 Å². The molecule has 2 aromatic heterocycles. The van der Waals surface area contributed by atoms with Gasteiger partial charge >= 0.3 is 5.69 Å². The average molecular weight is 251 g/mol. The lowest BCUT2D eigenvalue weighted by Crippen LogP contribution is -2.37. The number of nitrogens with zero attached hydrogens (tertiary/aromatic N) is 4. The molecule has 2 rings (SSSR count). The lowest BCUT2D eigenvalue weighted by Gasteiger charge is -2.13. The van der Waals surface area contributed by atoms with E-state index >= 15 is 0 Å². The molecule has 0 unspecified atom stereocenters. The van der Waals surface area contributed by atoms with Gasteiger partial charge in [0.15, 0.2) is 5.52 Å². The van der Waals surface area contributed by atoms with Gasteiger partial charge in [0.05, 0.1) is 6.54 Å². The third kappa shape index (κ3) is 1.51. The Labute approximate surface area is 103 Å². The smallest absolute Gasteiger partial charge is 0.324 e. The Hall–Kier alpha value is -1.89. The summed E-state index contributed by atoms with van der Waals surface area (Å²) in [6.45, 7) is 4.15. The van der Waals surface area contributed by atoms with Crippen molar-refractivity contribution in [2.75, 3.05) is 0 Å². The van der Waals surface area contributed by atoms with E-state index in [1.165, 1.54) is 11.6 Å². The fourth-order valence-electron chi connectivity index (χ4n) is 2.18. The van der Waals surface area contributed by atoms with Crippen molar-refractivity contribution < 1.29 is 0 Å². The molecule has 0 saturated carbocycles. The highest BCUT2D eigenvalue weighted by Crippen LogP contribution is 2.16. The number of hydrogen-bond donors (Lipinski definition) is 1. The fourth-order valence-corrected chi connectivity index (χ4v) is 2.18. The van der Waals surface area contributed by atoms with Crippen LogP contribution in [-0.2, 0) is 20.6 Å². The molecule has 0 radical (unpaired) electrons. The van der Waals surface area contributed by atoms with Gasteiger partial charge in [-0.3, -0.25) is 13.9 Å². The summed E-state index contributed by atoms with van der Waals surface area (Å²) in [6.07, 6.45) is 0. The van der Waals surface area contributed by atoms with Crippen molar-refractivity contribution in [2.24, 2.45) is 19.8 Å². The van der Waals surface area contributed by atoms with Gasteiger partial charge in [-0.05, 0) is 13.8 Å². The molecule has 0 fully saturated rings. The highest BCUT2D eigenvalue weighted by atomic mass is 16.2. The average Bonchev–Trinajstić information content (AvgIpc) is 2.73. The molecule has 98 valence electrons. The summed E-state index contributed by atoms with van der Waals surface area (Å²) in [5.74, 6) is 0.610. The first-order chi connectivity index (χ1) is 8.40. The number of fused-ring (bicyclic) bond motifs is 1. The molecule has 2 aromatic rings. The first-order valence-corrected chi connectivity index (χ1v) is 5.77. The van der Waals surface area contributed by atoms with Crippen LogP contribution in [0.15, 0.2) is 9.59 Å². The molecule has 0 aliphatic heterocycles. The van der Waals surface area contributed by atoms with E-state index in [1.54, 1.807) is 7.05 Å². The maximum atomic E-state index is 12.0. The number of imidazole rings is 1. The lowest BCUT2D eigenvalue weighted by atomic mass is 10.3. The minimum Gasteiger partial charge on any atom is -0.324 e. The zero-order valence-electron chi connectivity index (χ0n) is 11.0. The predicted molar refractivity (Wildman–Crippen MR) is 68.5 cm³/mol. The van der Waals surface area contributed by atoms with Crippen LogP contribution in [0.5, 0.6) is 0 Å². The molecule has 0 amide bonds. The minimum absolute atomic E-state index is 0.0752. The normalized spacial score (nSPS) is 11.7. The molecule has 2 N–H and O–H groups in total. The van der Waals surface area contributed by atoms with Gasteiger partial charge in [0.25, 0.3) is 5.56 Å². The van der Waals surface area contributed by atoms with Crippen LogP contribution < -0.4 is 17.0 Å². The Morgan fingerprint density at radius 3 is 2.33 bits per heavy atom. The maximum Gasteiger partial charge on any atom is 0.332 e. The summed E-state index contributed by atoms with van der Waals surface area (Å²) in [7, 11) is 3.07. The topological polar surface area (TPSA) is 87.8 Å². The monoisotopic (exact) mass is 251 g/mol. The molecule has 18 heavy (non-hydrogen) atoms. The zero-order valence-corrected chi connectivity index (χ0v) is 11.0. The molecule has 0 aliphatic rings. The van der Waals surface area contributed by atoms with E-state index in [1.807, 2.05) is 18.4 Å². The second kappa shape index (κ2) is 4.09. The molecule has 0 aliphatic carbocycles. The fraction of sp³-hybridized carbons (Fsp3) is 0.545. The van der Waals surface area contributed by atoms with Crippen molar-refractivity contribution in [3.05, 3.63) is 26.7 Å². The van der Waals surface area contributed by atoms with Gasteiger partial charge in [0.1, 0.15) is 11.5 Å². The molecular formula is C11H17N5O2. The SMILES string of the molecule is CC(C)n1c(CN)nc2c(=O)n(C)c(=O)n(C)c21. The van der Waals surface area contributed by atoms with E-state index < -0.39 is 0 Å². The van der Waals surface area contributed by atoms with Crippen LogP contribution >= 0.6 is 0 Å². The first kappa shape index (κ1) is 12.6. The van der Waals surface area contributed by atoms with Gasteiger partial charge in [-0.2, -0.15) is 0 Å². The molecule has 0 atom stereocenters. The van der Waals surface area contributed by atoms with E-state index in [2.05, 4.69) is 4.98 Å². The van der Waals surface area contributed by atoms with Crippen molar-refractivity contribution in [1.82, 2.24) is 18.7 Å². The van der Waals surface area contributed by atoms with Crippen molar-refractivity contribution in [2.45, 2.75) is 26.4 Å². The van der Waals surface area contributed by atoms with Crippen LogP contribution in [-0.4, -0.2) is 18.7 Å². The molecule has 2 heterocycles. The molecule has 7 heteroatoms. The largest absolute Gasteiger partial charge is 0.332 e. The van der Waals surface area contributed by atoms with Gasteiger partial charge in [-0.25, -0.2) is 9.78 Å². The number of aromatic nitrogens is 4. The van der Waals surface area contributed by atoms with Gasteiger partial charge in [-0.1, -0.05) is 0 Å². The van der Waals surface area contributed by atoms with Crippen molar-refractivity contribution >= 4 is 11.2 Å². The first-order valence-electron chi connectivity index (χ1n) is 5.77. The summed E-state index contributed by atoms with van der Waals surface area (Å²) in [5, 5.41) is 0. The van der Waals surface area contributed by atoms with Crippen LogP contribution in [0.2, 0.25) is 0 Å². The standard InChI is InChI=1S/C11H17N5O2/c1-6(2)16-7(5-12)13-8-9(16)14(3)11(18)15(4)10(8)17/h6H,5,12H2,1-4H3. The summed E-state index contributed by atoms with van der Waals surface area (Å²) in [5.41, 5.74) is 5.71. The van der Waals surface area contributed by atoms with Gasteiger partial charge in [0.2, 0.25) is 0 Å². The van der Waals surface area contributed by atoms with Crippen LogP contribution in [0.3, 0.4) is 0 Å². The number of rotatable bonds is 2. The Morgan fingerprint density at radius 2 is 1.83 bits per heavy atom. The predicted octanol–water partition coefficient (Wildman–Crippen LogP) is -0.527. The van der Waals surface area contributed by atoms with E-state index in [-0.39, 0.29) is 29.4 Å². The zero-order chi connectivity index (χ0) is 13.6. The van der Waals surface area contributed by atoms with Crippen LogP contribution in [0.1, 0.15) is 25.7 Å². The molecule has 0 spiro atoms. The second-order valence-corrected chi connectivity index (χ2v) is 4.57. The minimum atomic E-state index is -0.387. The maximum absolute atomic E-state index is 12.0. The van der Waals surface area contributed by atoms with Crippen molar-refractivity contribution in [3.63, 3.8) is 0 Å². The summed E-state index contributed by atoms with van der Waals surface area (Å²) in [6, 6.07) is 0.0752. The number of hydrogen-bond acceptors (Lipinski definition) is 4. The quantitative estimate of drug-likeness (QED) is 0.777. The van der Waals surface area contributed by atoms with Gasteiger partial charge in [0, 0.05) is 20.1 Å². The van der Waals surface area contributed by atoms with E-state index in [0.29, 0.717) is 11.5 Å². The second-order valence-electron chi connectivity index (χ2n) is 4.57. The Kier molecular flexibility index (Phi) is 2.86. The highest BCUT2D eigenvalue weighted by molar-refractivity contribution is 5.71. The lowest BCUT2D eigenvalue weighted by molar-refractivity contribution is 0.568. The van der Waals surface area contributed by atoms with Crippen molar-refractivity contribution in [3.8, 4) is 0 Å².